The van der Waals surface area contributed by atoms with E-state index in [9.17, 15) is 27.6 Å². The lowest BCUT2D eigenvalue weighted by Crippen LogP contribution is -2.07. The number of carbonyl (C=O) groups excluding carboxylic acids is 3. The van der Waals surface area contributed by atoms with Crippen molar-refractivity contribution in [3.8, 4) is 0 Å². The van der Waals surface area contributed by atoms with Gasteiger partial charge in [-0.1, -0.05) is 98.7 Å². The van der Waals surface area contributed by atoms with Gasteiger partial charge >= 0.3 is 23.9 Å². The minimum absolute atomic E-state index is 0. The predicted molar refractivity (Wildman–Crippen MR) is 244 cm³/mol. The zero-order valence-electron chi connectivity index (χ0n) is 37.0. The lowest BCUT2D eigenvalue weighted by atomic mass is 10.1. The molecule has 0 saturated heterocycles. The highest BCUT2D eigenvalue weighted by molar-refractivity contribution is 8.13. The van der Waals surface area contributed by atoms with Gasteiger partial charge in [-0.05, 0) is 99.3 Å². The van der Waals surface area contributed by atoms with E-state index in [0.29, 0.717) is 28.1 Å². The monoisotopic (exact) mass is 864 g/mol. The van der Waals surface area contributed by atoms with E-state index in [2.05, 4.69) is 14.2 Å². The van der Waals surface area contributed by atoms with Gasteiger partial charge in [0.15, 0.2) is 0 Å². The minimum atomic E-state index is -3.94. The molecule has 0 spiro atoms. The van der Waals surface area contributed by atoms with E-state index in [4.69, 9.17) is 27.3 Å². The number of hydrogen-bond donors (Lipinski definition) is 3. The topological polar surface area (TPSA) is 202 Å². The Bertz CT molecular complexity index is 1900. The first-order chi connectivity index (χ1) is 27.3. The molecule has 4 aromatic carbocycles. The van der Waals surface area contributed by atoms with E-state index < -0.39 is 27.0 Å². The molecule has 0 fully saturated rings. The molecule has 4 aromatic rings. The summed E-state index contributed by atoms with van der Waals surface area (Å²) in [5, 5.41) is 8.58. The number of carbonyl (C=O) groups is 4. The van der Waals surface area contributed by atoms with E-state index in [1.54, 1.807) is 43.3 Å². The highest BCUT2D eigenvalue weighted by Gasteiger charge is 2.21. The summed E-state index contributed by atoms with van der Waals surface area (Å²) >= 11 is 0. The highest BCUT2D eigenvalue weighted by atomic mass is 35.7. The number of carboxylic acid groups (broad SMARTS) is 1. The molecule has 0 saturated carbocycles. The van der Waals surface area contributed by atoms with E-state index in [0.717, 1.165) is 22.3 Å². The van der Waals surface area contributed by atoms with Gasteiger partial charge in [-0.3, -0.25) is 0 Å². The molecule has 332 valence electrons. The second kappa shape index (κ2) is 34.6. The SMILES string of the molecule is C.CC.CC.CC.CC.COC(=O)c1ccc(C)cc1C.COC(=O)c1ccc(C)cc1N.COC(=O)c1ccc(C)cc1S(=O)(=O)Cl.Cc1ccc(C(=O)O)c(N)c1. The molecule has 59 heavy (non-hydrogen) atoms. The number of esters is 3. The van der Waals surface area contributed by atoms with Gasteiger partial charge in [0.25, 0.3) is 9.05 Å². The van der Waals surface area contributed by atoms with Crippen molar-refractivity contribution in [1.29, 1.82) is 0 Å². The van der Waals surface area contributed by atoms with Crippen molar-refractivity contribution >= 4 is 55.0 Å². The Morgan fingerprint density at radius 1 is 0.508 bits per heavy atom. The Kier molecular flexibility index (Phi) is 36.8. The number of nitrogen functional groups attached to an aromatic ring is 2. The largest absolute Gasteiger partial charge is 0.478 e. The van der Waals surface area contributed by atoms with Crippen molar-refractivity contribution in [2.45, 2.75) is 102 Å². The van der Waals surface area contributed by atoms with Gasteiger partial charge in [-0.15, -0.1) is 0 Å². The molecule has 0 radical (unpaired) electrons. The molecule has 0 aliphatic heterocycles. The number of nitrogens with two attached hydrogens (primary N) is 2. The van der Waals surface area contributed by atoms with Gasteiger partial charge in [-0.2, -0.15) is 0 Å². The van der Waals surface area contributed by atoms with Crippen molar-refractivity contribution in [3.63, 3.8) is 0 Å². The maximum atomic E-state index is 11.2. The van der Waals surface area contributed by atoms with Crippen LogP contribution < -0.4 is 11.5 Å². The van der Waals surface area contributed by atoms with Gasteiger partial charge in [0, 0.05) is 22.1 Å². The number of carboxylic acids is 1. The van der Waals surface area contributed by atoms with Crippen molar-refractivity contribution in [3.05, 3.63) is 123 Å². The summed E-state index contributed by atoms with van der Waals surface area (Å²) in [6, 6.07) is 20.1. The van der Waals surface area contributed by atoms with Crippen LogP contribution in [0.5, 0.6) is 0 Å². The molecule has 4 rings (SSSR count). The summed E-state index contributed by atoms with van der Waals surface area (Å²) in [4.78, 5) is 43.6. The van der Waals surface area contributed by atoms with Gasteiger partial charge in [-0.25, -0.2) is 27.6 Å². The third kappa shape index (κ3) is 24.2. The number of rotatable bonds is 5. The number of aromatic carboxylic acids is 1. The van der Waals surface area contributed by atoms with Crippen molar-refractivity contribution in [2.75, 3.05) is 32.8 Å². The number of ether oxygens (including phenoxy) is 3. The fraction of sp³-hybridized carbons (Fsp3) is 0.378. The maximum Gasteiger partial charge on any atom is 0.339 e. The standard InChI is InChI=1S/C10H12O2.C9H9ClO4S.C9H11NO2.C8H9NO2.4C2H6.CH4/c1-7-4-5-9(8(2)6-7)10(11)12-3;1-6-3-4-7(9(11)14-2)8(5-6)15(10,12)13;1-6-3-4-7(8(10)5-6)9(11)12-2;1-5-2-3-6(8(10)11)7(9)4-5;4*1-2;/h4-6H,1-3H3;3-5H,1-2H3;3-5H,10H2,1-2H3;2-4H,9H2,1H3,(H,10,11);4*1-2H3;1H4. The summed E-state index contributed by atoms with van der Waals surface area (Å²) < 4.78 is 36.0. The molecule has 0 atom stereocenters. The van der Waals surface area contributed by atoms with Crippen LogP contribution in [-0.2, 0) is 23.3 Å². The van der Waals surface area contributed by atoms with Crippen LogP contribution in [-0.4, -0.2) is 58.7 Å². The van der Waals surface area contributed by atoms with Crippen molar-refractivity contribution in [1.82, 2.24) is 0 Å². The zero-order valence-corrected chi connectivity index (χ0v) is 38.6. The second-order valence-corrected chi connectivity index (χ2v) is 13.3. The van der Waals surface area contributed by atoms with E-state index >= 15 is 0 Å². The lowest BCUT2D eigenvalue weighted by Gasteiger charge is -2.05. The van der Waals surface area contributed by atoms with Crippen LogP contribution in [0.1, 0.15) is 132 Å². The molecule has 5 N–H and O–H groups in total. The second-order valence-electron chi connectivity index (χ2n) is 10.7. The van der Waals surface area contributed by atoms with Crippen LogP contribution in [0.2, 0.25) is 0 Å². The molecular weight excluding hydrogens is 796 g/mol. The van der Waals surface area contributed by atoms with Crippen LogP contribution in [0.15, 0.2) is 77.7 Å². The number of benzene rings is 4. The zero-order chi connectivity index (χ0) is 46.3. The molecule has 14 heteroatoms. The quantitative estimate of drug-likeness (QED) is 0.0742. The summed E-state index contributed by atoms with van der Waals surface area (Å²) in [6.45, 7) is 25.4. The summed E-state index contributed by atoms with van der Waals surface area (Å²) in [5.41, 5.74) is 17.8. The Morgan fingerprint density at radius 3 is 1.12 bits per heavy atom. The Balaban J connectivity index is -0.000000207. The molecule has 0 heterocycles. The van der Waals surface area contributed by atoms with Crippen LogP contribution in [0.3, 0.4) is 0 Å². The molecule has 0 aliphatic carbocycles. The average Bonchev–Trinajstić information content (AvgIpc) is 3.20. The summed E-state index contributed by atoms with van der Waals surface area (Å²) in [5.74, 6) is -2.38. The highest BCUT2D eigenvalue weighted by Crippen LogP contribution is 2.22. The fourth-order valence-corrected chi connectivity index (χ4v) is 5.24. The fourth-order valence-electron chi connectivity index (χ4n) is 4.12. The molecule has 0 amide bonds. The Hall–Kier alpha value is -5.40. The smallest absolute Gasteiger partial charge is 0.339 e. The first-order valence-electron chi connectivity index (χ1n) is 18.6. The van der Waals surface area contributed by atoms with Gasteiger partial charge in [0.2, 0.25) is 0 Å². The molecule has 0 aromatic heterocycles. The number of anilines is 2. The van der Waals surface area contributed by atoms with Crippen LogP contribution in [0.25, 0.3) is 0 Å². The molecular formula is C45H69ClN2O10S. The third-order valence-corrected chi connectivity index (χ3v) is 8.00. The molecule has 12 nitrogen and oxygen atoms in total. The van der Waals surface area contributed by atoms with E-state index in [1.807, 2.05) is 101 Å². The molecule has 0 unspecified atom stereocenters. The predicted octanol–water partition coefficient (Wildman–Crippen LogP) is 11.2. The molecule has 0 bridgehead atoms. The number of aryl methyl sites for hydroxylation is 5. The van der Waals surface area contributed by atoms with Crippen molar-refractivity contribution in [2.24, 2.45) is 0 Å². The third-order valence-electron chi connectivity index (χ3n) is 6.64. The number of hydrogen-bond acceptors (Lipinski definition) is 11. The van der Waals surface area contributed by atoms with Gasteiger partial charge < -0.3 is 30.8 Å². The maximum absolute atomic E-state index is 11.2. The van der Waals surface area contributed by atoms with Gasteiger partial charge in [0.1, 0.15) is 0 Å². The number of halogens is 1. The Labute approximate surface area is 358 Å². The van der Waals surface area contributed by atoms with Crippen molar-refractivity contribution < 1.29 is 46.9 Å². The lowest BCUT2D eigenvalue weighted by molar-refractivity contribution is 0.0589. The van der Waals surface area contributed by atoms with Gasteiger partial charge in [0.05, 0.1) is 48.5 Å². The normalized spacial score (nSPS) is 8.90. The van der Waals surface area contributed by atoms with Crippen LogP contribution in [0, 0.1) is 34.6 Å². The number of methoxy groups -OCH3 is 3. The van der Waals surface area contributed by atoms with E-state index in [1.165, 1.54) is 39.5 Å². The molecule has 0 aliphatic rings. The minimum Gasteiger partial charge on any atom is -0.478 e. The first-order valence-corrected chi connectivity index (χ1v) is 20.9. The first kappa shape index (κ1) is 62.8. The Morgan fingerprint density at radius 2 is 0.797 bits per heavy atom. The summed E-state index contributed by atoms with van der Waals surface area (Å²) in [6.07, 6.45) is 0. The van der Waals surface area contributed by atoms with E-state index in [-0.39, 0.29) is 29.4 Å². The summed E-state index contributed by atoms with van der Waals surface area (Å²) in [7, 11) is 5.16. The van der Waals surface area contributed by atoms with Crippen LogP contribution in [0.4, 0.5) is 11.4 Å². The average molecular weight is 866 g/mol. The van der Waals surface area contributed by atoms with Crippen LogP contribution >= 0.6 is 10.7 Å².